The van der Waals surface area contributed by atoms with Gasteiger partial charge in [0.05, 0.1) is 5.25 Å². The summed E-state index contributed by atoms with van der Waals surface area (Å²) in [5.41, 5.74) is 0. The molecule has 0 heterocycles. The van der Waals surface area contributed by atoms with Gasteiger partial charge in [-0.1, -0.05) is 32.6 Å². The Morgan fingerprint density at radius 2 is 1.88 bits per heavy atom. The predicted octanol–water partition coefficient (Wildman–Crippen LogP) is 2.37. The van der Waals surface area contributed by atoms with Crippen molar-refractivity contribution < 1.29 is 8.42 Å². The lowest BCUT2D eigenvalue weighted by Gasteiger charge is -2.26. The van der Waals surface area contributed by atoms with Gasteiger partial charge in [-0.3, -0.25) is 0 Å². The normalized spacial score (nSPS) is 21.6. The Kier molecular flexibility index (Phi) is 5.93. The van der Waals surface area contributed by atoms with Gasteiger partial charge < -0.3 is 5.32 Å². The topological polar surface area (TPSA) is 46.2 Å². The molecule has 1 aliphatic carbocycles. The lowest BCUT2D eigenvalue weighted by molar-refractivity contribution is 0.378. The third kappa shape index (κ3) is 4.96. The third-order valence-corrected chi connectivity index (χ3v) is 5.64. The number of hydrogen-bond acceptors (Lipinski definition) is 3. The molecule has 1 saturated carbocycles. The molecule has 0 amide bonds. The van der Waals surface area contributed by atoms with Crippen LogP contribution in [0.2, 0.25) is 0 Å². The van der Waals surface area contributed by atoms with Crippen molar-refractivity contribution in [2.75, 3.05) is 12.8 Å². The molecule has 0 radical (unpaired) electrons. The minimum atomic E-state index is -2.94. The predicted molar refractivity (Wildman–Crippen MR) is 73.0 cm³/mol. The summed E-state index contributed by atoms with van der Waals surface area (Å²) < 4.78 is 23.3. The molecule has 0 saturated heterocycles. The Balaban J connectivity index is 2.58. The molecule has 1 fully saturated rings. The minimum Gasteiger partial charge on any atom is -0.313 e. The fraction of sp³-hybridized carbons (Fsp3) is 1.00. The van der Waals surface area contributed by atoms with Gasteiger partial charge in [0.15, 0.2) is 9.84 Å². The van der Waals surface area contributed by atoms with Crippen molar-refractivity contribution in [2.24, 2.45) is 5.92 Å². The lowest BCUT2D eigenvalue weighted by Crippen LogP contribution is -2.43. The fourth-order valence-corrected chi connectivity index (χ4v) is 3.48. The number of sulfone groups is 1. The molecular formula is C13H27NO2S. The standard InChI is InChI=1S/C13H27NO2S/c1-4-9-14-13(11(2)17(3,15)16)10-12-7-5-6-8-12/h11-14H,4-10H2,1-3H3. The molecule has 2 unspecified atom stereocenters. The molecular weight excluding hydrogens is 234 g/mol. The van der Waals surface area contributed by atoms with E-state index in [-0.39, 0.29) is 11.3 Å². The molecule has 3 nitrogen and oxygen atoms in total. The van der Waals surface area contributed by atoms with Crippen LogP contribution in [0.1, 0.15) is 52.4 Å². The van der Waals surface area contributed by atoms with Crippen LogP contribution in [0.4, 0.5) is 0 Å². The lowest BCUT2D eigenvalue weighted by atomic mass is 9.96. The van der Waals surface area contributed by atoms with E-state index in [0.717, 1.165) is 25.3 Å². The van der Waals surface area contributed by atoms with E-state index in [9.17, 15) is 8.42 Å². The van der Waals surface area contributed by atoms with Crippen LogP contribution >= 0.6 is 0 Å². The van der Waals surface area contributed by atoms with E-state index in [2.05, 4.69) is 12.2 Å². The monoisotopic (exact) mass is 261 g/mol. The maximum Gasteiger partial charge on any atom is 0.151 e. The molecule has 1 N–H and O–H groups in total. The van der Waals surface area contributed by atoms with E-state index in [0.29, 0.717) is 0 Å². The second-order valence-electron chi connectivity index (χ2n) is 5.48. The van der Waals surface area contributed by atoms with Gasteiger partial charge in [-0.15, -0.1) is 0 Å². The molecule has 0 aromatic heterocycles. The zero-order valence-electron chi connectivity index (χ0n) is 11.4. The first-order valence-electron chi connectivity index (χ1n) is 6.87. The molecule has 102 valence electrons. The first-order valence-corrected chi connectivity index (χ1v) is 8.82. The highest BCUT2D eigenvalue weighted by Gasteiger charge is 2.28. The van der Waals surface area contributed by atoms with Crippen molar-refractivity contribution in [3.8, 4) is 0 Å². The summed E-state index contributed by atoms with van der Waals surface area (Å²) >= 11 is 0. The van der Waals surface area contributed by atoms with Crippen LogP contribution in [0.25, 0.3) is 0 Å². The smallest absolute Gasteiger partial charge is 0.151 e. The zero-order chi connectivity index (χ0) is 12.9. The van der Waals surface area contributed by atoms with Crippen LogP contribution < -0.4 is 5.32 Å². The first kappa shape index (κ1) is 15.0. The molecule has 0 spiro atoms. The molecule has 4 heteroatoms. The maximum absolute atomic E-state index is 11.7. The van der Waals surface area contributed by atoms with Crippen molar-refractivity contribution in [2.45, 2.75) is 63.7 Å². The van der Waals surface area contributed by atoms with E-state index < -0.39 is 9.84 Å². The Hall–Kier alpha value is -0.0900. The van der Waals surface area contributed by atoms with Crippen molar-refractivity contribution >= 4 is 9.84 Å². The second-order valence-corrected chi connectivity index (χ2v) is 7.88. The van der Waals surface area contributed by atoms with Crippen molar-refractivity contribution in [1.29, 1.82) is 0 Å². The highest BCUT2D eigenvalue weighted by Crippen LogP contribution is 2.29. The van der Waals surface area contributed by atoms with Gasteiger partial charge in [0.1, 0.15) is 0 Å². The average Bonchev–Trinajstić information content (AvgIpc) is 2.74. The summed E-state index contributed by atoms with van der Waals surface area (Å²) in [5.74, 6) is 0.730. The van der Waals surface area contributed by atoms with E-state index in [4.69, 9.17) is 0 Å². The molecule has 1 aliphatic rings. The van der Waals surface area contributed by atoms with Gasteiger partial charge in [0, 0.05) is 12.3 Å². The molecule has 17 heavy (non-hydrogen) atoms. The number of nitrogens with one attached hydrogen (secondary N) is 1. The van der Waals surface area contributed by atoms with Gasteiger partial charge in [0.25, 0.3) is 0 Å². The minimum absolute atomic E-state index is 0.132. The summed E-state index contributed by atoms with van der Waals surface area (Å²) in [6, 6.07) is 0.132. The largest absolute Gasteiger partial charge is 0.313 e. The summed E-state index contributed by atoms with van der Waals surface area (Å²) in [4.78, 5) is 0. The van der Waals surface area contributed by atoms with E-state index >= 15 is 0 Å². The number of rotatable bonds is 7. The Morgan fingerprint density at radius 3 is 2.35 bits per heavy atom. The quantitative estimate of drug-likeness (QED) is 0.765. The van der Waals surface area contributed by atoms with Gasteiger partial charge in [-0.25, -0.2) is 8.42 Å². The molecule has 0 aromatic rings. The van der Waals surface area contributed by atoms with Gasteiger partial charge >= 0.3 is 0 Å². The van der Waals surface area contributed by atoms with Crippen molar-refractivity contribution in [1.82, 2.24) is 5.32 Å². The molecule has 0 bridgehead atoms. The van der Waals surface area contributed by atoms with E-state index in [1.807, 2.05) is 6.92 Å². The Labute approximate surface area is 106 Å². The van der Waals surface area contributed by atoms with Crippen LogP contribution in [0.15, 0.2) is 0 Å². The Bertz CT molecular complexity index is 307. The molecule has 0 aromatic carbocycles. The van der Waals surface area contributed by atoms with Gasteiger partial charge in [-0.2, -0.15) is 0 Å². The first-order chi connectivity index (χ1) is 7.95. The van der Waals surface area contributed by atoms with Crippen molar-refractivity contribution in [3.05, 3.63) is 0 Å². The van der Waals surface area contributed by atoms with Crippen LogP contribution in [0, 0.1) is 5.92 Å². The highest BCUT2D eigenvalue weighted by atomic mass is 32.2. The average molecular weight is 261 g/mol. The van der Waals surface area contributed by atoms with Crippen LogP contribution in [0.3, 0.4) is 0 Å². The zero-order valence-corrected chi connectivity index (χ0v) is 12.2. The summed E-state index contributed by atoms with van der Waals surface area (Å²) in [6.45, 7) is 4.87. The Morgan fingerprint density at radius 1 is 1.29 bits per heavy atom. The number of hydrogen-bond donors (Lipinski definition) is 1. The van der Waals surface area contributed by atoms with Crippen LogP contribution in [-0.2, 0) is 9.84 Å². The third-order valence-electron chi connectivity index (χ3n) is 3.96. The van der Waals surface area contributed by atoms with Gasteiger partial charge in [-0.05, 0) is 32.2 Å². The van der Waals surface area contributed by atoms with Crippen molar-refractivity contribution in [3.63, 3.8) is 0 Å². The summed E-state index contributed by atoms with van der Waals surface area (Å²) in [7, 11) is -2.94. The summed E-state index contributed by atoms with van der Waals surface area (Å²) in [5, 5.41) is 3.15. The second kappa shape index (κ2) is 6.74. The highest BCUT2D eigenvalue weighted by molar-refractivity contribution is 7.91. The van der Waals surface area contributed by atoms with E-state index in [1.165, 1.54) is 31.9 Å². The molecule has 1 rings (SSSR count). The van der Waals surface area contributed by atoms with Crippen LogP contribution in [0.5, 0.6) is 0 Å². The molecule has 0 aliphatic heterocycles. The van der Waals surface area contributed by atoms with Crippen LogP contribution in [-0.4, -0.2) is 32.5 Å². The molecule has 2 atom stereocenters. The SMILES string of the molecule is CCCNC(CC1CCCC1)C(C)S(C)(=O)=O. The maximum atomic E-state index is 11.7. The van der Waals surface area contributed by atoms with E-state index in [1.54, 1.807) is 0 Å². The fourth-order valence-electron chi connectivity index (χ4n) is 2.67. The summed E-state index contributed by atoms with van der Waals surface area (Å²) in [6.07, 6.45) is 8.62. The van der Waals surface area contributed by atoms with Gasteiger partial charge in [0.2, 0.25) is 0 Å².